The van der Waals surface area contributed by atoms with Crippen LogP contribution in [0.15, 0.2) is 24.3 Å². The molecule has 1 aromatic rings. The van der Waals surface area contributed by atoms with Gasteiger partial charge in [0, 0.05) is 11.6 Å². The van der Waals surface area contributed by atoms with Crippen molar-refractivity contribution in [2.45, 2.75) is 32.1 Å². The summed E-state index contributed by atoms with van der Waals surface area (Å²) in [6, 6.07) is 6.78. The van der Waals surface area contributed by atoms with E-state index in [4.69, 9.17) is 16.3 Å². The van der Waals surface area contributed by atoms with Crippen LogP contribution in [0.4, 0.5) is 0 Å². The van der Waals surface area contributed by atoms with Crippen molar-refractivity contribution in [1.82, 2.24) is 5.32 Å². The first-order valence-electron chi connectivity index (χ1n) is 7.40. The first-order chi connectivity index (χ1) is 10.5. The molecule has 0 heterocycles. The Hall–Kier alpha value is -1.75. The first-order valence-corrected chi connectivity index (χ1v) is 7.78. The van der Waals surface area contributed by atoms with Crippen molar-refractivity contribution >= 4 is 23.5 Å². The first kappa shape index (κ1) is 16.6. The number of hydrogen-bond donors (Lipinski definition) is 2. The van der Waals surface area contributed by atoms with Gasteiger partial charge in [-0.3, -0.25) is 9.59 Å². The number of amides is 1. The molecule has 0 unspecified atom stereocenters. The summed E-state index contributed by atoms with van der Waals surface area (Å²) < 4.78 is 5.34. The summed E-state index contributed by atoms with van der Waals surface area (Å²) >= 11 is 5.83. The molecule has 1 fully saturated rings. The van der Waals surface area contributed by atoms with Crippen molar-refractivity contribution in [3.8, 4) is 5.75 Å². The third-order valence-electron chi connectivity index (χ3n) is 4.05. The van der Waals surface area contributed by atoms with Gasteiger partial charge in [-0.2, -0.15) is 0 Å². The Morgan fingerprint density at radius 3 is 2.64 bits per heavy atom. The number of rotatable bonds is 6. The lowest BCUT2D eigenvalue weighted by Crippen LogP contribution is -2.45. The summed E-state index contributed by atoms with van der Waals surface area (Å²) in [7, 11) is 0. The Balaban J connectivity index is 1.82. The van der Waals surface area contributed by atoms with Crippen molar-refractivity contribution in [3.05, 3.63) is 29.3 Å². The van der Waals surface area contributed by atoms with Crippen LogP contribution >= 0.6 is 11.6 Å². The lowest BCUT2D eigenvalue weighted by Gasteiger charge is -2.33. The van der Waals surface area contributed by atoms with Crippen molar-refractivity contribution < 1.29 is 19.4 Å². The Labute approximate surface area is 134 Å². The topological polar surface area (TPSA) is 75.6 Å². The van der Waals surface area contributed by atoms with Crippen LogP contribution in [0.1, 0.15) is 32.1 Å². The van der Waals surface area contributed by atoms with E-state index in [0.29, 0.717) is 23.6 Å². The van der Waals surface area contributed by atoms with Crippen LogP contribution in [0.2, 0.25) is 5.02 Å². The predicted octanol–water partition coefficient (Wildman–Crippen LogP) is 2.87. The Morgan fingerprint density at radius 2 is 2.00 bits per heavy atom. The van der Waals surface area contributed by atoms with Crippen LogP contribution in [0, 0.1) is 5.41 Å². The minimum absolute atomic E-state index is 0.153. The number of halogens is 1. The van der Waals surface area contributed by atoms with Gasteiger partial charge in [0.05, 0.1) is 5.41 Å². The molecule has 1 saturated carbocycles. The van der Waals surface area contributed by atoms with E-state index < -0.39 is 11.4 Å². The van der Waals surface area contributed by atoms with Gasteiger partial charge in [0.2, 0.25) is 0 Å². The molecule has 1 aliphatic carbocycles. The zero-order valence-electron chi connectivity index (χ0n) is 12.3. The highest BCUT2D eigenvalue weighted by molar-refractivity contribution is 6.30. The Bertz CT molecular complexity index is 541. The third kappa shape index (κ3) is 4.37. The highest BCUT2D eigenvalue weighted by Crippen LogP contribution is 2.35. The summed E-state index contributed by atoms with van der Waals surface area (Å²) in [4.78, 5) is 23.4. The number of benzene rings is 1. The number of carbonyl (C=O) groups is 2. The van der Waals surface area contributed by atoms with Crippen LogP contribution in [-0.4, -0.2) is 30.1 Å². The van der Waals surface area contributed by atoms with Gasteiger partial charge in [-0.25, -0.2) is 0 Å². The third-order valence-corrected chi connectivity index (χ3v) is 4.29. The second kappa shape index (κ2) is 7.49. The molecule has 1 amide bonds. The van der Waals surface area contributed by atoms with E-state index >= 15 is 0 Å². The molecule has 1 aromatic carbocycles. The van der Waals surface area contributed by atoms with Crippen molar-refractivity contribution in [2.24, 2.45) is 5.41 Å². The summed E-state index contributed by atoms with van der Waals surface area (Å²) in [6.07, 6.45) is 4.05. The van der Waals surface area contributed by atoms with Crippen LogP contribution in [-0.2, 0) is 9.59 Å². The van der Waals surface area contributed by atoms with E-state index in [-0.39, 0.29) is 19.1 Å². The number of ether oxygens (including phenoxy) is 1. The van der Waals surface area contributed by atoms with Gasteiger partial charge in [0.25, 0.3) is 5.91 Å². The highest BCUT2D eigenvalue weighted by Gasteiger charge is 2.39. The fourth-order valence-electron chi connectivity index (χ4n) is 2.72. The van der Waals surface area contributed by atoms with Crippen molar-refractivity contribution in [1.29, 1.82) is 0 Å². The molecule has 0 saturated heterocycles. The summed E-state index contributed by atoms with van der Waals surface area (Å²) in [5, 5.41) is 12.7. The molecule has 120 valence electrons. The monoisotopic (exact) mass is 325 g/mol. The molecular weight excluding hydrogens is 306 g/mol. The number of aliphatic carboxylic acids is 1. The predicted molar refractivity (Wildman–Crippen MR) is 83.1 cm³/mol. The second-order valence-corrected chi connectivity index (χ2v) is 6.11. The van der Waals surface area contributed by atoms with Gasteiger partial charge in [-0.15, -0.1) is 0 Å². The average Bonchev–Trinajstić information content (AvgIpc) is 2.52. The molecule has 6 heteroatoms. The van der Waals surface area contributed by atoms with Crippen LogP contribution < -0.4 is 10.1 Å². The average molecular weight is 326 g/mol. The molecule has 22 heavy (non-hydrogen) atoms. The van der Waals surface area contributed by atoms with E-state index in [1.165, 1.54) is 0 Å². The molecule has 1 aliphatic rings. The van der Waals surface area contributed by atoms with Gasteiger partial charge >= 0.3 is 5.97 Å². The van der Waals surface area contributed by atoms with Crippen LogP contribution in [0.5, 0.6) is 5.75 Å². The number of carboxylic acids is 1. The largest absolute Gasteiger partial charge is 0.484 e. The minimum Gasteiger partial charge on any atom is -0.484 e. The molecular formula is C16H20ClNO4. The molecule has 0 bridgehead atoms. The minimum atomic E-state index is -0.830. The lowest BCUT2D eigenvalue weighted by molar-refractivity contribution is -0.151. The number of carboxylic acid groups (broad SMARTS) is 1. The van der Waals surface area contributed by atoms with Crippen molar-refractivity contribution in [3.63, 3.8) is 0 Å². The zero-order valence-corrected chi connectivity index (χ0v) is 13.1. The molecule has 0 aliphatic heterocycles. The van der Waals surface area contributed by atoms with E-state index in [0.717, 1.165) is 19.3 Å². The molecule has 0 atom stereocenters. The normalized spacial score (nSPS) is 16.8. The molecule has 2 N–H and O–H groups in total. The van der Waals surface area contributed by atoms with Crippen LogP contribution in [0.25, 0.3) is 0 Å². The fourth-order valence-corrected chi connectivity index (χ4v) is 2.90. The fraction of sp³-hybridized carbons (Fsp3) is 0.500. The van der Waals surface area contributed by atoms with Gasteiger partial charge in [-0.05, 0) is 31.0 Å². The highest BCUT2D eigenvalue weighted by atomic mass is 35.5. The maximum absolute atomic E-state index is 11.8. The lowest BCUT2D eigenvalue weighted by atomic mass is 9.74. The number of nitrogens with one attached hydrogen (secondary N) is 1. The molecule has 2 rings (SSSR count). The zero-order chi connectivity index (χ0) is 16.0. The summed E-state index contributed by atoms with van der Waals surface area (Å²) in [5.74, 6) is -0.650. The van der Waals surface area contributed by atoms with Gasteiger partial charge < -0.3 is 15.2 Å². The number of carbonyl (C=O) groups excluding carboxylic acids is 1. The van der Waals surface area contributed by atoms with E-state index in [2.05, 4.69) is 5.32 Å². The molecule has 0 aromatic heterocycles. The Kier molecular flexibility index (Phi) is 5.66. The maximum Gasteiger partial charge on any atom is 0.311 e. The van der Waals surface area contributed by atoms with E-state index in [9.17, 15) is 14.7 Å². The van der Waals surface area contributed by atoms with Crippen LogP contribution in [0.3, 0.4) is 0 Å². The van der Waals surface area contributed by atoms with E-state index in [1.807, 2.05) is 0 Å². The molecule has 0 spiro atoms. The van der Waals surface area contributed by atoms with Gasteiger partial charge in [0.1, 0.15) is 5.75 Å². The van der Waals surface area contributed by atoms with E-state index in [1.54, 1.807) is 24.3 Å². The smallest absolute Gasteiger partial charge is 0.311 e. The molecule has 0 radical (unpaired) electrons. The quantitative estimate of drug-likeness (QED) is 0.843. The Morgan fingerprint density at radius 1 is 1.27 bits per heavy atom. The maximum atomic E-state index is 11.8. The van der Waals surface area contributed by atoms with Gasteiger partial charge in [-0.1, -0.05) is 36.9 Å². The number of hydrogen-bond acceptors (Lipinski definition) is 3. The second-order valence-electron chi connectivity index (χ2n) is 5.67. The standard InChI is InChI=1S/C16H20ClNO4/c17-12-5-4-6-13(9-12)22-10-14(19)18-11-16(15(20)21)7-2-1-3-8-16/h4-6,9H,1-3,7-8,10-11H2,(H,18,19)(H,20,21). The van der Waals surface area contributed by atoms with Gasteiger partial charge in [0.15, 0.2) is 6.61 Å². The summed E-state index contributed by atoms with van der Waals surface area (Å²) in [5.41, 5.74) is -0.829. The molecule has 5 nitrogen and oxygen atoms in total. The van der Waals surface area contributed by atoms with Crippen molar-refractivity contribution in [2.75, 3.05) is 13.2 Å². The summed E-state index contributed by atoms with van der Waals surface area (Å²) in [6.45, 7) is -0.00386. The SMILES string of the molecule is O=C(COc1cccc(Cl)c1)NCC1(C(=O)O)CCCCC1.